The molecule has 0 N–H and O–H groups in total. The lowest BCUT2D eigenvalue weighted by molar-refractivity contribution is 0.0994. The Morgan fingerprint density at radius 1 is 1.00 bits per heavy atom. The second-order valence-electron chi connectivity index (χ2n) is 7.03. The fourth-order valence-corrected chi connectivity index (χ4v) is 4.15. The first-order valence-electron chi connectivity index (χ1n) is 9.98. The van der Waals surface area contributed by atoms with Crippen LogP contribution in [0.5, 0.6) is 0 Å². The summed E-state index contributed by atoms with van der Waals surface area (Å²) in [5.74, 6) is 0.297. The van der Waals surface area contributed by atoms with E-state index >= 15 is 0 Å². The smallest absolute Gasteiger partial charge is 0.196 e. The van der Waals surface area contributed by atoms with Gasteiger partial charge in [-0.3, -0.25) is 14.3 Å². The molecule has 0 aliphatic carbocycles. The number of carbonyl (C=O) groups excluding carboxylic acids is 1. The molecule has 4 rings (SSSR count). The van der Waals surface area contributed by atoms with Gasteiger partial charge in [-0.25, -0.2) is 4.39 Å². The van der Waals surface area contributed by atoms with Crippen LogP contribution in [-0.2, 0) is 6.42 Å². The number of ketones is 1. The molecule has 156 valence electrons. The van der Waals surface area contributed by atoms with Crippen molar-refractivity contribution in [2.45, 2.75) is 30.7 Å². The summed E-state index contributed by atoms with van der Waals surface area (Å²) in [6.45, 7) is 3.94. The highest BCUT2D eigenvalue weighted by Crippen LogP contribution is 2.31. The zero-order chi connectivity index (χ0) is 21.8. The molecule has 0 amide bonds. The summed E-state index contributed by atoms with van der Waals surface area (Å²) in [6.07, 6.45) is 4.28. The molecular weight excluding hydrogens is 411 g/mol. The molecule has 0 aliphatic heterocycles. The van der Waals surface area contributed by atoms with Gasteiger partial charge < -0.3 is 0 Å². The summed E-state index contributed by atoms with van der Waals surface area (Å²) < 4.78 is 15.3. The molecule has 5 nitrogen and oxygen atoms in total. The van der Waals surface area contributed by atoms with Gasteiger partial charge in [-0.05, 0) is 55.3 Å². The van der Waals surface area contributed by atoms with E-state index in [1.165, 1.54) is 29.5 Å². The molecule has 7 heteroatoms. The van der Waals surface area contributed by atoms with E-state index < -0.39 is 0 Å². The van der Waals surface area contributed by atoms with Crippen LogP contribution in [0.1, 0.15) is 29.8 Å². The molecule has 0 saturated heterocycles. The Hall–Kier alpha value is -3.32. The number of hydrogen-bond donors (Lipinski definition) is 0. The second-order valence-corrected chi connectivity index (χ2v) is 8.34. The van der Waals surface area contributed by atoms with Crippen molar-refractivity contribution in [3.8, 4) is 17.1 Å². The zero-order valence-electron chi connectivity index (χ0n) is 17.2. The number of rotatable bonds is 7. The molecule has 0 spiro atoms. The Bertz CT molecular complexity index is 1170. The number of Topliss-reactive ketones (excluding diaryl/α,β-unsaturated/α-hetero) is 1. The average Bonchev–Trinajstić information content (AvgIpc) is 3.23. The Kier molecular flexibility index (Phi) is 6.23. The van der Waals surface area contributed by atoms with Gasteiger partial charge in [0.1, 0.15) is 5.82 Å². The van der Waals surface area contributed by atoms with Crippen molar-refractivity contribution in [1.82, 2.24) is 19.7 Å². The van der Waals surface area contributed by atoms with Gasteiger partial charge in [0.2, 0.25) is 0 Å². The fraction of sp³-hybridized carbons (Fsp3) is 0.167. The number of halogens is 1. The van der Waals surface area contributed by atoms with Crippen molar-refractivity contribution in [3.63, 3.8) is 0 Å². The molecule has 0 radical (unpaired) electrons. The van der Waals surface area contributed by atoms with Gasteiger partial charge in [-0.2, -0.15) is 0 Å². The van der Waals surface area contributed by atoms with E-state index in [9.17, 15) is 9.18 Å². The zero-order valence-corrected chi connectivity index (χ0v) is 18.0. The lowest BCUT2D eigenvalue weighted by atomic mass is 10.1. The van der Waals surface area contributed by atoms with Crippen LogP contribution in [0.25, 0.3) is 17.1 Å². The van der Waals surface area contributed by atoms with E-state index in [0.717, 1.165) is 12.0 Å². The number of carbonyl (C=O) groups is 1. The molecular formula is C24H21FN4OS. The molecule has 0 bridgehead atoms. The molecule has 1 atom stereocenters. The maximum Gasteiger partial charge on any atom is 0.196 e. The van der Waals surface area contributed by atoms with Crippen LogP contribution in [-0.4, -0.2) is 30.8 Å². The van der Waals surface area contributed by atoms with Crippen LogP contribution < -0.4 is 0 Å². The Morgan fingerprint density at radius 3 is 2.32 bits per heavy atom. The number of hydrogen-bond acceptors (Lipinski definition) is 5. The number of aromatic nitrogens is 4. The molecule has 0 aliphatic rings. The molecule has 1 unspecified atom stereocenters. The first-order valence-corrected chi connectivity index (χ1v) is 10.9. The van der Waals surface area contributed by atoms with E-state index in [4.69, 9.17) is 0 Å². The number of nitrogens with zero attached hydrogens (tertiary/aromatic N) is 4. The fourth-order valence-electron chi connectivity index (χ4n) is 3.21. The molecule has 4 aromatic rings. The van der Waals surface area contributed by atoms with Crippen LogP contribution in [0, 0.1) is 5.82 Å². The van der Waals surface area contributed by atoms with Crippen LogP contribution in [0.3, 0.4) is 0 Å². The highest BCUT2D eigenvalue weighted by molar-refractivity contribution is 8.00. The molecule has 0 fully saturated rings. The largest absolute Gasteiger partial charge is 0.293 e. The van der Waals surface area contributed by atoms with Gasteiger partial charge in [0.15, 0.2) is 16.8 Å². The van der Waals surface area contributed by atoms with Gasteiger partial charge >= 0.3 is 0 Å². The summed E-state index contributed by atoms with van der Waals surface area (Å²) in [4.78, 5) is 17.0. The standard InChI is InChI=1S/C24H21FN4OS/c1-3-17-4-6-18(7-5-17)22(30)16(2)31-24-28-27-23(19-12-14-26-15-13-19)29(24)21-10-8-20(25)9-11-21/h4-16H,3H2,1-2H3. The predicted octanol–water partition coefficient (Wildman–Crippen LogP) is 5.39. The summed E-state index contributed by atoms with van der Waals surface area (Å²) in [5, 5.41) is 8.88. The van der Waals surface area contributed by atoms with E-state index in [1.807, 2.05) is 47.9 Å². The van der Waals surface area contributed by atoms with Crippen LogP contribution in [0.4, 0.5) is 4.39 Å². The Labute approximate surface area is 184 Å². The normalized spacial score (nSPS) is 12.0. The van der Waals surface area contributed by atoms with Crippen molar-refractivity contribution in [1.29, 1.82) is 0 Å². The maximum atomic E-state index is 13.5. The number of thioether (sulfide) groups is 1. The third kappa shape index (κ3) is 4.56. The third-order valence-corrected chi connectivity index (χ3v) is 6.00. The predicted molar refractivity (Wildman–Crippen MR) is 120 cm³/mol. The molecule has 2 aromatic heterocycles. The average molecular weight is 433 g/mol. The molecule has 0 saturated carbocycles. The van der Waals surface area contributed by atoms with Gasteiger partial charge in [0, 0.05) is 29.2 Å². The first kappa shape index (κ1) is 20.9. The summed E-state index contributed by atoms with van der Waals surface area (Å²) in [5.41, 5.74) is 3.40. The minimum absolute atomic E-state index is 0.0202. The SMILES string of the molecule is CCc1ccc(C(=O)C(C)Sc2nnc(-c3ccncc3)n2-c2ccc(F)cc2)cc1. The minimum Gasteiger partial charge on any atom is -0.293 e. The van der Waals surface area contributed by atoms with E-state index in [2.05, 4.69) is 22.1 Å². The van der Waals surface area contributed by atoms with Crippen LogP contribution in [0.15, 0.2) is 78.2 Å². The van der Waals surface area contributed by atoms with Crippen LogP contribution in [0.2, 0.25) is 0 Å². The van der Waals surface area contributed by atoms with Gasteiger partial charge in [-0.15, -0.1) is 10.2 Å². The van der Waals surface area contributed by atoms with Crippen molar-refractivity contribution < 1.29 is 9.18 Å². The monoisotopic (exact) mass is 432 g/mol. The first-order chi connectivity index (χ1) is 15.1. The highest BCUT2D eigenvalue weighted by atomic mass is 32.2. The van der Waals surface area contributed by atoms with Crippen LogP contribution >= 0.6 is 11.8 Å². The molecule has 31 heavy (non-hydrogen) atoms. The topological polar surface area (TPSA) is 60.7 Å². The van der Waals surface area contributed by atoms with Crippen molar-refractivity contribution >= 4 is 17.5 Å². The lowest BCUT2D eigenvalue weighted by Gasteiger charge is -2.13. The summed E-state index contributed by atoms with van der Waals surface area (Å²) >= 11 is 1.33. The van der Waals surface area contributed by atoms with Gasteiger partial charge in [-0.1, -0.05) is 43.0 Å². The second kappa shape index (κ2) is 9.22. The summed E-state index contributed by atoms with van der Waals surface area (Å²) in [6, 6.07) is 17.5. The van der Waals surface area contributed by atoms with Crippen molar-refractivity contribution in [2.75, 3.05) is 0 Å². The quantitative estimate of drug-likeness (QED) is 0.289. The van der Waals surface area contributed by atoms with E-state index in [1.54, 1.807) is 24.5 Å². The van der Waals surface area contributed by atoms with Crippen molar-refractivity contribution in [2.24, 2.45) is 0 Å². The van der Waals surface area contributed by atoms with Gasteiger partial charge in [0.05, 0.1) is 5.25 Å². The Balaban J connectivity index is 1.68. The Morgan fingerprint density at radius 2 is 1.68 bits per heavy atom. The molecule has 2 aromatic carbocycles. The number of pyridine rings is 1. The maximum absolute atomic E-state index is 13.5. The van der Waals surface area contributed by atoms with Crippen molar-refractivity contribution in [3.05, 3.63) is 90.0 Å². The third-order valence-electron chi connectivity index (χ3n) is 4.95. The molecule has 2 heterocycles. The van der Waals surface area contributed by atoms with Gasteiger partial charge in [0.25, 0.3) is 0 Å². The highest BCUT2D eigenvalue weighted by Gasteiger charge is 2.22. The van der Waals surface area contributed by atoms with E-state index in [-0.39, 0.29) is 16.9 Å². The minimum atomic E-state index is -0.374. The number of aryl methyl sites for hydroxylation is 1. The lowest BCUT2D eigenvalue weighted by Crippen LogP contribution is -2.14. The summed E-state index contributed by atoms with van der Waals surface area (Å²) in [7, 11) is 0. The number of benzene rings is 2. The van der Waals surface area contributed by atoms with E-state index in [0.29, 0.717) is 22.2 Å².